The van der Waals surface area contributed by atoms with Gasteiger partial charge in [0.2, 0.25) is 6.79 Å². The molecule has 0 bridgehead atoms. The number of halogens is 3. The van der Waals surface area contributed by atoms with Crippen molar-refractivity contribution in [2.45, 2.75) is 19.1 Å². The minimum atomic E-state index is -4.67. The molecule has 0 aliphatic carbocycles. The number of nitrogens with one attached hydrogen (secondary N) is 1. The molecular weight excluding hydrogens is 445 g/mol. The molecule has 1 atom stereocenters. The molecule has 0 aromatic heterocycles. The smallest absolute Gasteiger partial charge is 0.416 e. The van der Waals surface area contributed by atoms with Crippen LogP contribution in [0.4, 0.5) is 29.3 Å². The average Bonchev–Trinajstić information content (AvgIpc) is 3.26. The number of anilines is 1. The SMILES string of the molecule is CC(NC(=O)N1CCN(c2ccc(C(F)(F)F)cc2[N+](=O)[O-])CC1)c1ccc2c(c1)OCO2. The molecule has 1 fully saturated rings. The van der Waals surface area contributed by atoms with Crippen molar-refractivity contribution < 1.29 is 32.4 Å². The highest BCUT2D eigenvalue weighted by Gasteiger charge is 2.34. The number of nitro benzene ring substituents is 1. The maximum atomic E-state index is 12.9. The minimum absolute atomic E-state index is 0.0989. The zero-order valence-electron chi connectivity index (χ0n) is 17.6. The molecule has 2 amide bonds. The van der Waals surface area contributed by atoms with Gasteiger partial charge in [0.1, 0.15) is 5.69 Å². The molecule has 176 valence electrons. The third-order valence-corrected chi connectivity index (χ3v) is 5.64. The number of nitro groups is 1. The van der Waals surface area contributed by atoms with Crippen LogP contribution in [-0.4, -0.2) is 48.8 Å². The van der Waals surface area contributed by atoms with Crippen LogP contribution in [0.2, 0.25) is 0 Å². The second kappa shape index (κ2) is 8.68. The molecule has 12 heteroatoms. The summed E-state index contributed by atoms with van der Waals surface area (Å²) in [5.41, 5.74) is -0.749. The number of hydrogen-bond donors (Lipinski definition) is 1. The van der Waals surface area contributed by atoms with E-state index in [-0.39, 0.29) is 50.7 Å². The number of rotatable bonds is 4. The first kappa shape index (κ1) is 22.5. The lowest BCUT2D eigenvalue weighted by Crippen LogP contribution is -2.52. The number of ether oxygens (including phenoxy) is 2. The van der Waals surface area contributed by atoms with Crippen molar-refractivity contribution in [3.8, 4) is 11.5 Å². The van der Waals surface area contributed by atoms with Crippen molar-refractivity contribution >= 4 is 17.4 Å². The molecule has 0 saturated carbocycles. The number of carbonyl (C=O) groups excluding carboxylic acids is 1. The van der Waals surface area contributed by atoms with E-state index in [1.54, 1.807) is 21.9 Å². The zero-order chi connectivity index (χ0) is 23.8. The van der Waals surface area contributed by atoms with Gasteiger partial charge in [-0.3, -0.25) is 10.1 Å². The van der Waals surface area contributed by atoms with Crippen LogP contribution < -0.4 is 19.7 Å². The maximum Gasteiger partial charge on any atom is 0.416 e. The number of piperazine rings is 1. The Balaban J connectivity index is 1.38. The van der Waals surface area contributed by atoms with Crippen LogP contribution in [0.1, 0.15) is 24.1 Å². The average molecular weight is 466 g/mol. The number of amides is 2. The van der Waals surface area contributed by atoms with Crippen LogP contribution in [0.15, 0.2) is 36.4 Å². The Morgan fingerprint density at radius 1 is 1.09 bits per heavy atom. The molecule has 1 saturated heterocycles. The Labute approximate surface area is 186 Å². The predicted octanol–water partition coefficient (Wildman–Crippen LogP) is 3.94. The fourth-order valence-corrected chi connectivity index (χ4v) is 3.81. The third kappa shape index (κ3) is 4.73. The topological polar surface area (TPSA) is 97.2 Å². The lowest BCUT2D eigenvalue weighted by atomic mass is 10.1. The summed E-state index contributed by atoms with van der Waals surface area (Å²) in [4.78, 5) is 26.4. The largest absolute Gasteiger partial charge is 0.454 e. The van der Waals surface area contributed by atoms with Gasteiger partial charge in [-0.15, -0.1) is 0 Å². The molecule has 2 aliphatic rings. The molecule has 2 aromatic carbocycles. The lowest BCUT2D eigenvalue weighted by Gasteiger charge is -2.36. The second-order valence-corrected chi connectivity index (χ2v) is 7.72. The Kier molecular flexibility index (Phi) is 5.91. The summed E-state index contributed by atoms with van der Waals surface area (Å²) in [5.74, 6) is 1.26. The van der Waals surface area contributed by atoms with Gasteiger partial charge in [-0.05, 0) is 36.8 Å². The first-order chi connectivity index (χ1) is 15.6. The van der Waals surface area contributed by atoms with Crippen molar-refractivity contribution in [2.24, 2.45) is 0 Å². The lowest BCUT2D eigenvalue weighted by molar-refractivity contribution is -0.384. The molecule has 0 spiro atoms. The Hall–Kier alpha value is -3.70. The van der Waals surface area contributed by atoms with E-state index in [4.69, 9.17) is 9.47 Å². The standard InChI is InChI=1S/C21H21F3N4O5/c1-13(14-2-5-18-19(10-14)33-12-32-18)25-20(29)27-8-6-26(7-9-27)16-4-3-15(21(22,23)24)11-17(16)28(30)31/h2-5,10-11,13H,6-9,12H2,1H3,(H,25,29). The number of carbonyl (C=O) groups is 1. The van der Waals surface area contributed by atoms with E-state index in [1.807, 2.05) is 13.0 Å². The van der Waals surface area contributed by atoms with Gasteiger partial charge in [0, 0.05) is 32.2 Å². The Morgan fingerprint density at radius 2 is 1.79 bits per heavy atom. The van der Waals surface area contributed by atoms with E-state index < -0.39 is 22.4 Å². The summed E-state index contributed by atoms with van der Waals surface area (Å²) in [7, 11) is 0. The number of fused-ring (bicyclic) bond motifs is 1. The number of hydrogen-bond acceptors (Lipinski definition) is 6. The van der Waals surface area contributed by atoms with Gasteiger partial charge in [-0.25, -0.2) is 4.79 Å². The molecule has 2 aromatic rings. The van der Waals surface area contributed by atoms with Crippen molar-refractivity contribution in [1.82, 2.24) is 10.2 Å². The monoisotopic (exact) mass is 466 g/mol. The molecule has 0 radical (unpaired) electrons. The van der Waals surface area contributed by atoms with Crippen LogP contribution in [0.3, 0.4) is 0 Å². The van der Waals surface area contributed by atoms with Gasteiger partial charge >= 0.3 is 12.2 Å². The molecule has 33 heavy (non-hydrogen) atoms. The molecule has 2 heterocycles. The van der Waals surface area contributed by atoms with Gasteiger partial charge in [0.25, 0.3) is 5.69 Å². The Morgan fingerprint density at radius 3 is 2.45 bits per heavy atom. The number of alkyl halides is 3. The van der Waals surface area contributed by atoms with Crippen molar-refractivity contribution in [2.75, 3.05) is 37.9 Å². The third-order valence-electron chi connectivity index (χ3n) is 5.64. The first-order valence-electron chi connectivity index (χ1n) is 10.2. The van der Waals surface area contributed by atoms with E-state index in [1.165, 1.54) is 0 Å². The molecule has 1 unspecified atom stereocenters. The first-order valence-corrected chi connectivity index (χ1v) is 10.2. The zero-order valence-corrected chi connectivity index (χ0v) is 17.6. The van der Waals surface area contributed by atoms with E-state index in [0.717, 1.165) is 17.7 Å². The van der Waals surface area contributed by atoms with Crippen molar-refractivity contribution in [3.63, 3.8) is 0 Å². The van der Waals surface area contributed by atoms with Gasteiger partial charge in [-0.2, -0.15) is 13.2 Å². The summed E-state index contributed by atoms with van der Waals surface area (Å²) in [6, 6.07) is 7.28. The van der Waals surface area contributed by atoms with Gasteiger partial charge in [-0.1, -0.05) is 6.07 Å². The molecule has 4 rings (SSSR count). The highest BCUT2D eigenvalue weighted by atomic mass is 19.4. The minimum Gasteiger partial charge on any atom is -0.454 e. The maximum absolute atomic E-state index is 12.9. The highest BCUT2D eigenvalue weighted by Crippen LogP contribution is 2.37. The van der Waals surface area contributed by atoms with Gasteiger partial charge in [0.05, 0.1) is 16.5 Å². The van der Waals surface area contributed by atoms with Crippen molar-refractivity contribution in [3.05, 3.63) is 57.6 Å². The van der Waals surface area contributed by atoms with E-state index >= 15 is 0 Å². The quantitative estimate of drug-likeness (QED) is 0.542. The van der Waals surface area contributed by atoms with E-state index in [9.17, 15) is 28.1 Å². The van der Waals surface area contributed by atoms with Crippen molar-refractivity contribution in [1.29, 1.82) is 0 Å². The van der Waals surface area contributed by atoms with Crippen LogP contribution in [0.25, 0.3) is 0 Å². The summed E-state index contributed by atoms with van der Waals surface area (Å²) in [6.07, 6.45) is -4.67. The van der Waals surface area contributed by atoms with Crippen LogP contribution in [0.5, 0.6) is 11.5 Å². The molecule has 1 N–H and O–H groups in total. The normalized spacial score (nSPS) is 16.5. The predicted molar refractivity (Wildman–Crippen MR) is 111 cm³/mol. The van der Waals surface area contributed by atoms with Gasteiger partial charge < -0.3 is 24.6 Å². The van der Waals surface area contributed by atoms with E-state index in [2.05, 4.69) is 5.32 Å². The molecule has 2 aliphatic heterocycles. The summed E-state index contributed by atoms with van der Waals surface area (Å²) < 4.78 is 49.4. The van der Waals surface area contributed by atoms with E-state index in [0.29, 0.717) is 17.6 Å². The van der Waals surface area contributed by atoms with Crippen LogP contribution in [0, 0.1) is 10.1 Å². The summed E-state index contributed by atoms with van der Waals surface area (Å²) in [5, 5.41) is 14.3. The summed E-state index contributed by atoms with van der Waals surface area (Å²) >= 11 is 0. The fraction of sp³-hybridized carbons (Fsp3) is 0.381. The Bertz CT molecular complexity index is 1070. The van der Waals surface area contributed by atoms with Crippen LogP contribution in [-0.2, 0) is 6.18 Å². The van der Waals surface area contributed by atoms with Crippen LogP contribution >= 0.6 is 0 Å². The fourth-order valence-electron chi connectivity index (χ4n) is 3.81. The molecule has 9 nitrogen and oxygen atoms in total. The highest BCUT2D eigenvalue weighted by molar-refractivity contribution is 5.75. The van der Waals surface area contributed by atoms with Gasteiger partial charge in [0.15, 0.2) is 11.5 Å². The number of nitrogens with zero attached hydrogens (tertiary/aromatic N) is 3. The number of urea groups is 1. The number of benzene rings is 2. The summed E-state index contributed by atoms with van der Waals surface area (Å²) in [6.45, 7) is 3.00. The molecular formula is C21H21F3N4O5. The second-order valence-electron chi connectivity index (χ2n) is 7.72.